The topological polar surface area (TPSA) is 71.9 Å². The summed E-state index contributed by atoms with van der Waals surface area (Å²) in [6.45, 7) is 0.0167. The fraction of sp³-hybridized carbons (Fsp3) is 0.467. The summed E-state index contributed by atoms with van der Waals surface area (Å²) in [6, 6.07) is 5.63. The second-order valence-corrected chi connectivity index (χ2v) is 5.11. The number of likely N-dealkylation sites (N-methyl/N-ethyl adjacent to an activating group) is 1. The molecule has 0 heterocycles. The first kappa shape index (κ1) is 18.8. The van der Waals surface area contributed by atoms with Crippen LogP contribution in [-0.4, -0.2) is 45.1 Å². The van der Waals surface area contributed by atoms with Crippen molar-refractivity contribution < 1.29 is 28.0 Å². The first-order valence-corrected chi connectivity index (χ1v) is 7.33. The van der Waals surface area contributed by atoms with E-state index in [9.17, 15) is 18.4 Å². The summed E-state index contributed by atoms with van der Waals surface area (Å²) in [5.74, 6) is -0.354. The fourth-order valence-corrected chi connectivity index (χ4v) is 1.86. The molecular weight excluding hydrogens is 308 g/mol. The molecule has 1 aromatic rings. The summed E-state index contributed by atoms with van der Waals surface area (Å²) in [7, 11) is 1.74. The minimum Gasteiger partial charge on any atom is -0.435 e. The molecule has 1 rings (SSSR count). The minimum absolute atomic E-state index is 0.0216. The highest BCUT2D eigenvalue weighted by atomic mass is 19.3. The number of alkyl halides is 2. The van der Waals surface area contributed by atoms with Crippen molar-refractivity contribution in [1.82, 2.24) is 5.32 Å². The second-order valence-electron chi connectivity index (χ2n) is 5.11. The molecule has 6 nitrogen and oxygen atoms in total. The van der Waals surface area contributed by atoms with Crippen molar-refractivity contribution in [1.29, 1.82) is 0 Å². The summed E-state index contributed by atoms with van der Waals surface area (Å²) >= 11 is 0. The summed E-state index contributed by atoms with van der Waals surface area (Å²) in [5, 5.41) is 5.38. The maximum Gasteiger partial charge on any atom is 0.387 e. The average molecular weight is 330 g/mol. The molecule has 23 heavy (non-hydrogen) atoms. The van der Waals surface area contributed by atoms with Crippen LogP contribution in [0.1, 0.15) is 13.3 Å². The summed E-state index contributed by atoms with van der Waals surface area (Å²) < 4.78 is 28.3. The molecule has 1 unspecified atom stereocenters. The van der Waals surface area contributed by atoms with Crippen molar-refractivity contribution >= 4 is 17.5 Å². The van der Waals surface area contributed by atoms with Gasteiger partial charge in [0.15, 0.2) is 13.1 Å². The summed E-state index contributed by atoms with van der Waals surface area (Å²) in [5.41, 5.74) is 0.472. The Bertz CT molecular complexity index is 509. The van der Waals surface area contributed by atoms with Crippen LogP contribution in [0.3, 0.4) is 0 Å². The van der Waals surface area contributed by atoms with E-state index in [0.29, 0.717) is 12.2 Å². The summed E-state index contributed by atoms with van der Waals surface area (Å²) in [6.07, 6.45) is 0.858. The van der Waals surface area contributed by atoms with Gasteiger partial charge in [0.2, 0.25) is 0 Å². The van der Waals surface area contributed by atoms with Crippen LogP contribution in [0.4, 0.5) is 14.5 Å². The van der Waals surface area contributed by atoms with Gasteiger partial charge in [-0.15, -0.1) is 0 Å². The van der Waals surface area contributed by atoms with Gasteiger partial charge in [-0.3, -0.25) is 9.59 Å². The molecule has 2 amide bonds. The number of ether oxygens (including phenoxy) is 1. The lowest BCUT2D eigenvalue weighted by molar-refractivity contribution is -0.862. The van der Waals surface area contributed by atoms with Gasteiger partial charge < -0.3 is 20.3 Å². The third kappa shape index (κ3) is 8.10. The highest BCUT2D eigenvalue weighted by Crippen LogP contribution is 2.17. The Hall–Kier alpha value is -2.22. The average Bonchev–Trinajstić information content (AvgIpc) is 2.46. The molecule has 3 N–H and O–H groups in total. The van der Waals surface area contributed by atoms with Gasteiger partial charge in [0.05, 0.1) is 7.05 Å². The Kier molecular flexibility index (Phi) is 7.96. The van der Waals surface area contributed by atoms with E-state index in [-0.39, 0.29) is 30.7 Å². The van der Waals surface area contributed by atoms with E-state index in [2.05, 4.69) is 15.4 Å². The normalized spacial score (nSPS) is 11.9. The molecule has 0 aromatic heterocycles. The molecule has 128 valence electrons. The summed E-state index contributed by atoms with van der Waals surface area (Å²) in [4.78, 5) is 24.1. The molecule has 0 spiro atoms. The Morgan fingerprint density at radius 3 is 2.35 bits per heavy atom. The van der Waals surface area contributed by atoms with Crippen LogP contribution in [0.25, 0.3) is 0 Å². The van der Waals surface area contributed by atoms with Gasteiger partial charge in [0.1, 0.15) is 5.75 Å². The van der Waals surface area contributed by atoms with Gasteiger partial charge in [-0.25, -0.2) is 0 Å². The Morgan fingerprint density at radius 1 is 1.17 bits per heavy atom. The zero-order valence-electron chi connectivity index (χ0n) is 13.2. The van der Waals surface area contributed by atoms with Gasteiger partial charge in [-0.2, -0.15) is 8.78 Å². The molecule has 0 saturated heterocycles. The lowest BCUT2D eigenvalue weighted by Gasteiger charge is -2.13. The molecular formula is C15H22F2N3O3+. The number of anilines is 1. The first-order valence-electron chi connectivity index (χ1n) is 7.33. The van der Waals surface area contributed by atoms with Crippen molar-refractivity contribution in [3.63, 3.8) is 0 Å². The lowest BCUT2D eigenvalue weighted by Crippen LogP contribution is -3.11. The molecule has 1 aromatic carbocycles. The van der Waals surface area contributed by atoms with Crippen molar-refractivity contribution in [2.45, 2.75) is 20.0 Å². The number of hydrogen-bond donors (Lipinski definition) is 3. The van der Waals surface area contributed by atoms with Gasteiger partial charge in [0.25, 0.3) is 11.8 Å². The van der Waals surface area contributed by atoms with Crippen LogP contribution in [-0.2, 0) is 9.59 Å². The van der Waals surface area contributed by atoms with Crippen LogP contribution in [0.2, 0.25) is 0 Å². The number of halogens is 2. The maximum atomic E-state index is 12.0. The SMILES string of the molecule is CCCNC(=O)C[NH+](C)CC(=O)Nc1ccc(OC(F)F)cc1. The third-order valence-electron chi connectivity index (χ3n) is 2.86. The molecule has 0 bridgehead atoms. The van der Waals surface area contributed by atoms with E-state index >= 15 is 0 Å². The van der Waals surface area contributed by atoms with E-state index in [4.69, 9.17) is 0 Å². The molecule has 1 atom stereocenters. The predicted molar refractivity (Wildman–Crippen MR) is 81.6 cm³/mol. The van der Waals surface area contributed by atoms with Gasteiger partial charge in [-0.1, -0.05) is 6.92 Å². The van der Waals surface area contributed by atoms with Crippen molar-refractivity contribution in [3.05, 3.63) is 24.3 Å². The number of hydrogen-bond acceptors (Lipinski definition) is 3. The Balaban J connectivity index is 2.39. The second kappa shape index (κ2) is 9.73. The standard InChI is InChI=1S/C15H21F2N3O3/c1-3-8-18-13(21)9-20(2)10-14(22)19-11-4-6-12(7-5-11)23-15(16)17/h4-7,15H,3,8-10H2,1-2H3,(H,18,21)(H,19,22)/p+1. The molecule has 8 heteroatoms. The van der Waals surface area contributed by atoms with E-state index in [1.165, 1.54) is 24.3 Å². The molecule has 0 aliphatic heterocycles. The third-order valence-corrected chi connectivity index (χ3v) is 2.86. The van der Waals surface area contributed by atoms with E-state index < -0.39 is 6.61 Å². The monoisotopic (exact) mass is 330 g/mol. The number of carbonyl (C=O) groups is 2. The number of nitrogens with one attached hydrogen (secondary N) is 3. The van der Waals surface area contributed by atoms with E-state index in [1.807, 2.05) is 6.92 Å². The smallest absolute Gasteiger partial charge is 0.387 e. The lowest BCUT2D eigenvalue weighted by atomic mass is 10.3. The highest BCUT2D eigenvalue weighted by molar-refractivity contribution is 5.91. The van der Waals surface area contributed by atoms with Gasteiger partial charge in [-0.05, 0) is 30.7 Å². The molecule has 0 radical (unpaired) electrons. The Morgan fingerprint density at radius 2 is 1.78 bits per heavy atom. The van der Waals surface area contributed by atoms with Crippen LogP contribution < -0.4 is 20.3 Å². The van der Waals surface area contributed by atoms with Crippen LogP contribution in [0.5, 0.6) is 5.75 Å². The Labute approximate surface area is 133 Å². The van der Waals surface area contributed by atoms with E-state index in [0.717, 1.165) is 11.3 Å². The van der Waals surface area contributed by atoms with E-state index in [1.54, 1.807) is 7.05 Å². The number of benzene rings is 1. The zero-order valence-corrected chi connectivity index (χ0v) is 13.2. The van der Waals surface area contributed by atoms with Crippen LogP contribution >= 0.6 is 0 Å². The quantitative estimate of drug-likeness (QED) is 0.608. The van der Waals surface area contributed by atoms with Crippen LogP contribution in [0, 0.1) is 0 Å². The zero-order chi connectivity index (χ0) is 17.2. The number of quaternary nitrogens is 1. The molecule has 0 saturated carbocycles. The first-order chi connectivity index (χ1) is 10.9. The van der Waals surface area contributed by atoms with Gasteiger partial charge >= 0.3 is 6.61 Å². The molecule has 0 aliphatic rings. The minimum atomic E-state index is -2.88. The van der Waals surface area contributed by atoms with Gasteiger partial charge in [0, 0.05) is 12.2 Å². The number of carbonyl (C=O) groups excluding carboxylic acids is 2. The van der Waals surface area contributed by atoms with Crippen molar-refractivity contribution in [3.8, 4) is 5.75 Å². The highest BCUT2D eigenvalue weighted by Gasteiger charge is 2.14. The van der Waals surface area contributed by atoms with Crippen LogP contribution in [0.15, 0.2) is 24.3 Å². The molecule has 0 fully saturated rings. The predicted octanol–water partition coefficient (Wildman–Crippen LogP) is 0.267. The largest absolute Gasteiger partial charge is 0.435 e. The van der Waals surface area contributed by atoms with Crippen molar-refractivity contribution in [2.75, 3.05) is 32.0 Å². The van der Waals surface area contributed by atoms with Crippen molar-refractivity contribution in [2.24, 2.45) is 0 Å². The fourth-order valence-electron chi connectivity index (χ4n) is 1.86. The number of amides is 2. The maximum absolute atomic E-state index is 12.0. The molecule has 0 aliphatic carbocycles. The number of rotatable bonds is 9.